The number of pyridine rings is 1. The Balaban J connectivity index is 3.39. The van der Waals surface area contributed by atoms with Gasteiger partial charge in [-0.25, -0.2) is 4.98 Å². The van der Waals surface area contributed by atoms with Gasteiger partial charge in [0.2, 0.25) is 0 Å². The monoisotopic (exact) mass is 207 g/mol. The molecule has 74 valence electrons. The lowest BCUT2D eigenvalue weighted by molar-refractivity contribution is 1.02. The van der Waals surface area contributed by atoms with Gasteiger partial charge in [-0.1, -0.05) is 13.8 Å². The van der Waals surface area contributed by atoms with E-state index >= 15 is 0 Å². The SMILES string of the molecule is CCc1c(N=C=S)cnc(N)c1CC. The Kier molecular flexibility index (Phi) is 3.74. The van der Waals surface area contributed by atoms with Gasteiger partial charge in [0.1, 0.15) is 5.82 Å². The Labute approximate surface area is 89.1 Å². The van der Waals surface area contributed by atoms with E-state index in [1.54, 1.807) is 6.20 Å². The standard InChI is InChI=1S/C10H13N3S/c1-3-7-8(4-2)10(11)12-5-9(7)13-6-14/h5H,3-4H2,1-2H3,(H2,11,12). The summed E-state index contributed by atoms with van der Waals surface area (Å²) in [6, 6.07) is 0. The van der Waals surface area contributed by atoms with Crippen molar-refractivity contribution in [1.82, 2.24) is 4.98 Å². The van der Waals surface area contributed by atoms with E-state index < -0.39 is 0 Å². The Hall–Kier alpha value is -1.25. The molecule has 1 aromatic heterocycles. The molecule has 0 amide bonds. The molecule has 0 bridgehead atoms. The zero-order valence-electron chi connectivity index (χ0n) is 8.37. The highest BCUT2D eigenvalue weighted by Gasteiger charge is 2.09. The van der Waals surface area contributed by atoms with Crippen LogP contribution in [0.5, 0.6) is 0 Å². The van der Waals surface area contributed by atoms with Crippen LogP contribution >= 0.6 is 12.2 Å². The van der Waals surface area contributed by atoms with Gasteiger partial charge in [0.25, 0.3) is 0 Å². The van der Waals surface area contributed by atoms with Gasteiger partial charge in [-0.05, 0) is 36.2 Å². The molecule has 14 heavy (non-hydrogen) atoms. The third kappa shape index (κ3) is 1.97. The van der Waals surface area contributed by atoms with E-state index in [9.17, 15) is 0 Å². The molecule has 0 radical (unpaired) electrons. The number of nitrogen functional groups attached to an aromatic ring is 1. The predicted octanol–water partition coefficient (Wildman–Crippen LogP) is 2.52. The molecule has 0 aliphatic heterocycles. The van der Waals surface area contributed by atoms with E-state index in [4.69, 9.17) is 5.73 Å². The van der Waals surface area contributed by atoms with Crippen LogP contribution in [0.4, 0.5) is 11.5 Å². The molecular weight excluding hydrogens is 194 g/mol. The van der Waals surface area contributed by atoms with Crippen LogP contribution in [0, 0.1) is 0 Å². The molecule has 3 nitrogen and oxygen atoms in total. The second kappa shape index (κ2) is 4.84. The minimum atomic E-state index is 0.590. The lowest BCUT2D eigenvalue weighted by Crippen LogP contribution is -2.01. The molecule has 0 aliphatic rings. The maximum Gasteiger partial charge on any atom is 0.126 e. The highest BCUT2D eigenvalue weighted by molar-refractivity contribution is 7.78. The Morgan fingerprint density at radius 3 is 2.57 bits per heavy atom. The first-order valence-electron chi connectivity index (χ1n) is 4.58. The lowest BCUT2D eigenvalue weighted by atomic mass is 10.0. The van der Waals surface area contributed by atoms with Crippen molar-refractivity contribution in [2.45, 2.75) is 26.7 Å². The minimum absolute atomic E-state index is 0.590. The third-order valence-electron chi connectivity index (χ3n) is 2.18. The molecule has 2 N–H and O–H groups in total. The zero-order chi connectivity index (χ0) is 10.6. The van der Waals surface area contributed by atoms with Crippen molar-refractivity contribution in [2.24, 2.45) is 4.99 Å². The summed E-state index contributed by atoms with van der Waals surface area (Å²) in [5, 5.41) is 2.36. The molecule has 0 spiro atoms. The fourth-order valence-corrected chi connectivity index (χ4v) is 1.63. The van der Waals surface area contributed by atoms with Crippen LogP contribution in [-0.4, -0.2) is 10.1 Å². The van der Waals surface area contributed by atoms with Gasteiger partial charge in [0.05, 0.1) is 17.0 Å². The van der Waals surface area contributed by atoms with Gasteiger partial charge in [-0.2, -0.15) is 4.99 Å². The second-order valence-corrected chi connectivity index (χ2v) is 3.08. The molecule has 1 aromatic rings. The van der Waals surface area contributed by atoms with E-state index in [2.05, 4.69) is 41.2 Å². The fourth-order valence-electron chi connectivity index (χ4n) is 1.53. The van der Waals surface area contributed by atoms with Gasteiger partial charge in [-0.3, -0.25) is 0 Å². The van der Waals surface area contributed by atoms with Crippen LogP contribution < -0.4 is 5.73 Å². The quantitative estimate of drug-likeness (QED) is 0.612. The number of isothiocyanates is 1. The van der Waals surface area contributed by atoms with Crippen LogP contribution in [0.2, 0.25) is 0 Å². The number of thiocarbonyl (C=S) groups is 1. The van der Waals surface area contributed by atoms with Crippen LogP contribution in [0.25, 0.3) is 0 Å². The van der Waals surface area contributed by atoms with E-state index in [-0.39, 0.29) is 0 Å². The number of aromatic nitrogens is 1. The van der Waals surface area contributed by atoms with Crippen LogP contribution in [0.3, 0.4) is 0 Å². The van der Waals surface area contributed by atoms with Gasteiger partial charge < -0.3 is 5.73 Å². The maximum atomic E-state index is 5.77. The molecule has 0 fully saturated rings. The Morgan fingerprint density at radius 2 is 2.07 bits per heavy atom. The van der Waals surface area contributed by atoms with Crippen molar-refractivity contribution in [3.63, 3.8) is 0 Å². The normalized spacial score (nSPS) is 9.57. The van der Waals surface area contributed by atoms with Crippen LogP contribution in [0.15, 0.2) is 11.2 Å². The van der Waals surface area contributed by atoms with Gasteiger partial charge in [-0.15, -0.1) is 0 Å². The van der Waals surface area contributed by atoms with Gasteiger partial charge >= 0.3 is 0 Å². The summed E-state index contributed by atoms with van der Waals surface area (Å²) in [6.07, 6.45) is 3.39. The summed E-state index contributed by atoms with van der Waals surface area (Å²) in [6.45, 7) is 4.12. The van der Waals surface area contributed by atoms with Crippen LogP contribution in [0.1, 0.15) is 25.0 Å². The smallest absolute Gasteiger partial charge is 0.126 e. The molecule has 0 atom stereocenters. The average Bonchev–Trinajstić information content (AvgIpc) is 2.20. The minimum Gasteiger partial charge on any atom is -0.383 e. The summed E-state index contributed by atoms with van der Waals surface area (Å²) in [5.74, 6) is 0.590. The fraction of sp³-hybridized carbons (Fsp3) is 0.400. The number of rotatable bonds is 3. The molecule has 0 saturated heterocycles. The number of hydrogen-bond donors (Lipinski definition) is 1. The topological polar surface area (TPSA) is 51.3 Å². The number of hydrogen-bond acceptors (Lipinski definition) is 4. The average molecular weight is 207 g/mol. The van der Waals surface area contributed by atoms with E-state index in [1.807, 2.05) is 0 Å². The van der Waals surface area contributed by atoms with Gasteiger partial charge in [0.15, 0.2) is 0 Å². The first kappa shape index (κ1) is 10.8. The zero-order valence-corrected chi connectivity index (χ0v) is 9.19. The Morgan fingerprint density at radius 1 is 1.43 bits per heavy atom. The van der Waals surface area contributed by atoms with E-state index in [1.165, 1.54) is 0 Å². The van der Waals surface area contributed by atoms with Crippen molar-refractivity contribution in [1.29, 1.82) is 0 Å². The molecule has 1 rings (SSSR count). The molecule has 0 saturated carbocycles. The van der Waals surface area contributed by atoms with E-state index in [0.717, 1.165) is 29.7 Å². The third-order valence-corrected chi connectivity index (χ3v) is 2.27. The lowest BCUT2D eigenvalue weighted by Gasteiger charge is -2.09. The molecule has 0 aliphatic carbocycles. The van der Waals surface area contributed by atoms with Crippen molar-refractivity contribution in [3.05, 3.63) is 17.3 Å². The number of nitrogens with zero attached hydrogens (tertiary/aromatic N) is 2. The highest BCUT2D eigenvalue weighted by atomic mass is 32.1. The molecule has 0 unspecified atom stereocenters. The summed E-state index contributed by atoms with van der Waals surface area (Å²) >= 11 is 4.58. The maximum absolute atomic E-state index is 5.77. The largest absolute Gasteiger partial charge is 0.383 e. The molecule has 1 heterocycles. The molecule has 4 heteroatoms. The predicted molar refractivity (Wildman–Crippen MR) is 62.1 cm³/mol. The van der Waals surface area contributed by atoms with Crippen molar-refractivity contribution >= 4 is 28.9 Å². The summed E-state index contributed by atoms with van der Waals surface area (Å²) in [4.78, 5) is 8.05. The summed E-state index contributed by atoms with van der Waals surface area (Å²) in [5.41, 5.74) is 8.75. The number of anilines is 1. The molecular formula is C10H13N3S. The van der Waals surface area contributed by atoms with Crippen molar-refractivity contribution in [2.75, 3.05) is 5.73 Å². The Bertz CT molecular complexity index is 381. The summed E-state index contributed by atoms with van der Waals surface area (Å²) < 4.78 is 0. The number of aliphatic imine (C=N–C) groups is 1. The van der Waals surface area contributed by atoms with Crippen molar-refractivity contribution < 1.29 is 0 Å². The van der Waals surface area contributed by atoms with Gasteiger partial charge in [0, 0.05) is 0 Å². The van der Waals surface area contributed by atoms with Crippen molar-refractivity contribution in [3.8, 4) is 0 Å². The van der Waals surface area contributed by atoms with Crippen LogP contribution in [-0.2, 0) is 12.8 Å². The first-order chi connectivity index (χ1) is 6.74. The first-order valence-corrected chi connectivity index (χ1v) is 4.99. The second-order valence-electron chi connectivity index (χ2n) is 2.90. The molecule has 0 aromatic carbocycles. The number of nitrogens with two attached hydrogens (primary N) is 1. The highest BCUT2D eigenvalue weighted by Crippen LogP contribution is 2.26. The van der Waals surface area contributed by atoms with E-state index in [0.29, 0.717) is 5.82 Å². The summed E-state index contributed by atoms with van der Waals surface area (Å²) in [7, 11) is 0.